The number of hydrogen-bond acceptors (Lipinski definition) is 6. The molecule has 1 saturated carbocycles. The Morgan fingerprint density at radius 2 is 1.58 bits per heavy atom. The molecule has 1 aliphatic heterocycles. The highest BCUT2D eigenvalue weighted by atomic mass is 32.1. The van der Waals surface area contributed by atoms with Crippen molar-refractivity contribution < 1.29 is 40.7 Å². The number of piperidine rings is 1. The van der Waals surface area contributed by atoms with Gasteiger partial charge in [0, 0.05) is 44.3 Å². The molecule has 0 amide bonds. The molecule has 2 aromatic rings. The average molecular weight is 468 g/mol. The van der Waals surface area contributed by atoms with Crippen LogP contribution in [0.5, 0.6) is 16.7 Å². The number of pyridine rings is 1. The molecular formula is C19H18F6N2O3S. The van der Waals surface area contributed by atoms with E-state index in [2.05, 4.69) is 4.98 Å². The zero-order chi connectivity index (χ0) is 22.2. The van der Waals surface area contributed by atoms with Crippen LogP contribution in [-0.2, 0) is 12.4 Å². The van der Waals surface area contributed by atoms with Crippen molar-refractivity contribution in [2.24, 2.45) is 0 Å². The van der Waals surface area contributed by atoms with Gasteiger partial charge < -0.3 is 14.3 Å². The number of hydrogen-bond donors (Lipinski definition) is 0. The second kappa shape index (κ2) is 8.38. The minimum atomic E-state index is -4.48. The third-order valence-electron chi connectivity index (χ3n) is 4.72. The second-order valence-corrected chi connectivity index (χ2v) is 8.31. The molecule has 0 radical (unpaired) electrons. The minimum absolute atomic E-state index is 0.0279. The third-order valence-corrected chi connectivity index (χ3v) is 5.78. The van der Waals surface area contributed by atoms with Crippen LogP contribution in [0.15, 0.2) is 24.4 Å². The smallest absolute Gasteiger partial charge is 0.425 e. The van der Waals surface area contributed by atoms with Crippen molar-refractivity contribution in [3.63, 3.8) is 0 Å². The second-order valence-electron chi connectivity index (χ2n) is 7.30. The number of rotatable bonds is 6. The molecule has 2 fully saturated rings. The van der Waals surface area contributed by atoms with Gasteiger partial charge in [-0.15, -0.1) is 5.06 Å². The van der Waals surface area contributed by atoms with Crippen LogP contribution in [0.2, 0.25) is 0 Å². The Bertz CT molecular complexity index is 888. The van der Waals surface area contributed by atoms with Crippen LogP contribution in [0.3, 0.4) is 0 Å². The molecule has 3 heterocycles. The molecule has 2 aliphatic rings. The number of aromatic nitrogens is 1. The van der Waals surface area contributed by atoms with Crippen molar-refractivity contribution in [3.05, 3.63) is 34.8 Å². The van der Waals surface area contributed by atoms with Gasteiger partial charge in [0.25, 0.3) is 0 Å². The lowest BCUT2D eigenvalue weighted by molar-refractivity contribution is -0.138. The number of hydroxylamine groups is 2. The molecule has 0 spiro atoms. The van der Waals surface area contributed by atoms with Crippen molar-refractivity contribution >= 4 is 11.3 Å². The number of ether oxygens (including phenoxy) is 2. The fraction of sp³-hybridized carbons (Fsp3) is 0.526. The van der Waals surface area contributed by atoms with E-state index in [1.54, 1.807) is 0 Å². The number of nitrogens with zero attached hydrogens (tertiary/aromatic N) is 2. The van der Waals surface area contributed by atoms with Gasteiger partial charge >= 0.3 is 12.4 Å². The molecule has 1 aliphatic carbocycles. The predicted octanol–water partition coefficient (Wildman–Crippen LogP) is 5.56. The summed E-state index contributed by atoms with van der Waals surface area (Å²) in [4.78, 5) is 8.37. The Labute approximate surface area is 177 Å². The monoisotopic (exact) mass is 468 g/mol. The maximum Gasteiger partial charge on any atom is 0.425 e. The fourth-order valence-electron chi connectivity index (χ4n) is 2.95. The Morgan fingerprint density at radius 3 is 2.13 bits per heavy atom. The predicted molar refractivity (Wildman–Crippen MR) is 98.1 cm³/mol. The number of thiophene rings is 1. The summed E-state index contributed by atoms with van der Waals surface area (Å²) in [7, 11) is 0. The van der Waals surface area contributed by atoms with Crippen LogP contribution in [0.1, 0.15) is 36.1 Å². The third kappa shape index (κ3) is 5.73. The molecule has 5 nitrogen and oxygen atoms in total. The Balaban J connectivity index is 1.32. The molecule has 12 heteroatoms. The normalized spacial score (nSPS) is 18.8. The number of halogens is 6. The highest BCUT2D eigenvalue weighted by molar-refractivity contribution is 7.14. The molecule has 1 saturated heterocycles. The molecule has 170 valence electrons. The molecule has 0 unspecified atom stereocenters. The van der Waals surface area contributed by atoms with Gasteiger partial charge in [-0.05, 0) is 18.9 Å². The van der Waals surface area contributed by atoms with Crippen LogP contribution in [0.4, 0.5) is 26.3 Å². The molecule has 4 rings (SSSR count). The topological polar surface area (TPSA) is 43.8 Å². The lowest BCUT2D eigenvalue weighted by Gasteiger charge is -2.31. The summed E-state index contributed by atoms with van der Waals surface area (Å²) in [6, 6.07) is 2.99. The largest absolute Gasteiger partial charge is 0.485 e. The molecule has 0 atom stereocenters. The highest BCUT2D eigenvalue weighted by Gasteiger charge is 2.37. The summed E-state index contributed by atoms with van der Waals surface area (Å²) >= 11 is 0.533. The van der Waals surface area contributed by atoms with E-state index >= 15 is 0 Å². The van der Waals surface area contributed by atoms with Crippen molar-refractivity contribution in [3.8, 4) is 16.7 Å². The van der Waals surface area contributed by atoms with Crippen LogP contribution in [-0.4, -0.2) is 35.3 Å². The summed E-state index contributed by atoms with van der Waals surface area (Å²) in [5.74, 6) is 0.119. The quantitative estimate of drug-likeness (QED) is 0.520. The lowest BCUT2D eigenvalue weighted by atomic mass is 10.1. The number of alkyl halides is 6. The first-order valence-electron chi connectivity index (χ1n) is 9.58. The van der Waals surface area contributed by atoms with Crippen LogP contribution in [0, 0.1) is 0 Å². The van der Waals surface area contributed by atoms with Gasteiger partial charge in [0.15, 0.2) is 5.75 Å². The standard InChI is InChI=1S/C19H18F6N2O3S/c20-18(21,22)11-1-4-16(26-10-11)30-27-7-5-13(6-8-27)28-14-9-15(19(23,24)25)31-17(14)29-12-2-3-12/h1,4,9-10,12-13H,2-3,5-8H2. The summed E-state index contributed by atoms with van der Waals surface area (Å²) in [6.45, 7) is 0.755. The van der Waals surface area contributed by atoms with Crippen molar-refractivity contribution in [1.82, 2.24) is 10.0 Å². The van der Waals surface area contributed by atoms with Gasteiger partial charge in [-0.3, -0.25) is 0 Å². The lowest BCUT2D eigenvalue weighted by Crippen LogP contribution is -2.40. The Hall–Kier alpha value is -2.21. The van der Waals surface area contributed by atoms with Crippen LogP contribution < -0.4 is 14.3 Å². The van der Waals surface area contributed by atoms with Crippen LogP contribution in [0.25, 0.3) is 0 Å². The van der Waals surface area contributed by atoms with E-state index in [-0.39, 0.29) is 28.9 Å². The van der Waals surface area contributed by atoms with Gasteiger partial charge in [0.05, 0.1) is 5.56 Å². The molecule has 0 aromatic carbocycles. The van der Waals surface area contributed by atoms with E-state index in [1.807, 2.05) is 0 Å². The highest BCUT2D eigenvalue weighted by Crippen LogP contribution is 2.47. The van der Waals surface area contributed by atoms with E-state index in [0.29, 0.717) is 43.5 Å². The SMILES string of the molecule is FC(F)(F)c1ccc(ON2CCC(Oc3cc(C(F)(F)F)sc3OC3CC3)CC2)nc1. The molecule has 2 aromatic heterocycles. The van der Waals surface area contributed by atoms with E-state index < -0.39 is 22.8 Å². The fourth-order valence-corrected chi connectivity index (χ4v) is 3.83. The van der Waals surface area contributed by atoms with E-state index in [1.165, 1.54) is 5.06 Å². The maximum atomic E-state index is 13.1. The van der Waals surface area contributed by atoms with Crippen molar-refractivity contribution in [1.29, 1.82) is 0 Å². The van der Waals surface area contributed by atoms with Gasteiger partial charge in [0.2, 0.25) is 10.9 Å². The van der Waals surface area contributed by atoms with E-state index in [4.69, 9.17) is 14.3 Å². The summed E-state index contributed by atoms with van der Waals surface area (Å²) in [5, 5.41) is 1.67. The molecule has 0 N–H and O–H groups in total. The zero-order valence-electron chi connectivity index (χ0n) is 16.0. The van der Waals surface area contributed by atoms with Gasteiger partial charge in [-0.25, -0.2) is 4.98 Å². The molecule has 0 bridgehead atoms. The van der Waals surface area contributed by atoms with Crippen molar-refractivity contribution in [2.75, 3.05) is 13.1 Å². The van der Waals surface area contributed by atoms with Crippen molar-refractivity contribution in [2.45, 2.75) is 50.2 Å². The minimum Gasteiger partial charge on any atom is -0.485 e. The van der Waals surface area contributed by atoms with Gasteiger partial charge in [0.1, 0.15) is 17.1 Å². The summed E-state index contributed by atoms with van der Waals surface area (Å²) in [5.41, 5.74) is -0.870. The first-order chi connectivity index (χ1) is 14.6. The Morgan fingerprint density at radius 1 is 0.903 bits per heavy atom. The average Bonchev–Trinajstić information content (AvgIpc) is 3.41. The van der Waals surface area contributed by atoms with E-state index in [0.717, 1.165) is 31.0 Å². The van der Waals surface area contributed by atoms with Gasteiger partial charge in [-0.1, -0.05) is 11.3 Å². The van der Waals surface area contributed by atoms with E-state index in [9.17, 15) is 26.3 Å². The first kappa shape index (κ1) is 22.0. The van der Waals surface area contributed by atoms with Crippen LogP contribution >= 0.6 is 11.3 Å². The summed E-state index contributed by atoms with van der Waals surface area (Å²) in [6.07, 6.45) is -6.11. The van der Waals surface area contributed by atoms with Gasteiger partial charge in [-0.2, -0.15) is 26.3 Å². The Kier molecular flexibility index (Phi) is 5.95. The first-order valence-corrected chi connectivity index (χ1v) is 10.4. The zero-order valence-corrected chi connectivity index (χ0v) is 16.8. The molecular weight excluding hydrogens is 450 g/mol. The maximum absolute atomic E-state index is 13.1. The molecule has 31 heavy (non-hydrogen) atoms. The summed E-state index contributed by atoms with van der Waals surface area (Å²) < 4.78 is 88.4.